The molecular weight excluding hydrogens is 986 g/mol. The van der Waals surface area contributed by atoms with Crippen molar-refractivity contribution in [3.63, 3.8) is 0 Å². The summed E-state index contributed by atoms with van der Waals surface area (Å²) in [4.78, 5) is 68.7. The monoisotopic (exact) mass is 1050 g/mol. The van der Waals surface area contributed by atoms with E-state index in [2.05, 4.69) is 45.0 Å². The number of β-amino-alcohol motifs (C(OH)–C–C–N with tert-alkyl or cyclic N) is 1. The van der Waals surface area contributed by atoms with Gasteiger partial charge >= 0.3 is 0 Å². The number of amides is 4. The first kappa shape index (κ1) is 52.5. The van der Waals surface area contributed by atoms with Crippen molar-refractivity contribution in [2.75, 3.05) is 13.2 Å². The molecule has 2 aliphatic heterocycles. The number of rotatable bonds is 15. The van der Waals surface area contributed by atoms with Crippen LogP contribution in [0.15, 0.2) is 59.0 Å². The number of nitrogens with one attached hydrogen (secondary N) is 3. The summed E-state index contributed by atoms with van der Waals surface area (Å²) in [7, 11) is 0. The molecule has 16 nitrogen and oxygen atoms in total. The molecule has 1 saturated heterocycles. The zero-order valence-corrected chi connectivity index (χ0v) is 44.9. The van der Waals surface area contributed by atoms with E-state index in [0.29, 0.717) is 29.3 Å². The third-order valence-electron chi connectivity index (χ3n) is 15.0. The van der Waals surface area contributed by atoms with Crippen molar-refractivity contribution >= 4 is 63.6 Å². The number of benzene rings is 2. The van der Waals surface area contributed by atoms with E-state index in [-0.39, 0.29) is 68.4 Å². The molecule has 4 aliphatic rings. The summed E-state index contributed by atoms with van der Waals surface area (Å²) in [5.41, 5.74) is 7.57. The highest BCUT2D eigenvalue weighted by Crippen LogP contribution is 2.40. The Balaban J connectivity index is 0.740. The van der Waals surface area contributed by atoms with Gasteiger partial charge in [-0.15, -0.1) is 32.9 Å². The summed E-state index contributed by atoms with van der Waals surface area (Å²) in [5, 5.41) is 40.8. The normalized spacial score (nSPS) is 23.6. The molecular formula is C54H66ClN9O7S2. The zero-order valence-electron chi connectivity index (χ0n) is 42.5. The van der Waals surface area contributed by atoms with E-state index in [1.165, 1.54) is 21.1 Å². The van der Waals surface area contributed by atoms with Gasteiger partial charge in [0.2, 0.25) is 23.6 Å². The number of aliphatic hydroxyl groups is 2. The molecule has 2 aliphatic carbocycles. The average molecular weight is 1050 g/mol. The molecule has 2 saturated carbocycles. The van der Waals surface area contributed by atoms with Crippen LogP contribution >= 0.6 is 34.3 Å². The molecule has 0 unspecified atom stereocenters. The molecule has 9 rings (SSSR count). The van der Waals surface area contributed by atoms with Crippen LogP contribution in [0.5, 0.6) is 0 Å². The van der Waals surface area contributed by atoms with Crippen molar-refractivity contribution in [3.05, 3.63) is 104 Å². The Morgan fingerprint density at radius 1 is 0.877 bits per heavy atom. The van der Waals surface area contributed by atoms with Crippen molar-refractivity contribution in [2.45, 2.75) is 155 Å². The summed E-state index contributed by atoms with van der Waals surface area (Å²) in [6, 6.07) is 12.0. The Morgan fingerprint density at radius 3 is 2.23 bits per heavy atom. The highest BCUT2D eigenvalue weighted by molar-refractivity contribution is 7.15. The van der Waals surface area contributed by atoms with Gasteiger partial charge in [-0.25, -0.2) is 4.98 Å². The van der Waals surface area contributed by atoms with E-state index in [1.54, 1.807) is 16.8 Å². The molecule has 4 amide bonds. The second-order valence-electron chi connectivity index (χ2n) is 21.3. The highest BCUT2D eigenvalue weighted by Gasteiger charge is 2.45. The van der Waals surface area contributed by atoms with Crippen molar-refractivity contribution in [3.8, 4) is 15.4 Å². The first-order valence-electron chi connectivity index (χ1n) is 25.4. The number of likely N-dealkylation sites (tertiary alicyclic amines) is 1. The minimum absolute atomic E-state index is 0.0128. The minimum atomic E-state index is -0.983. The lowest BCUT2D eigenvalue weighted by Crippen LogP contribution is -2.58. The van der Waals surface area contributed by atoms with Crippen LogP contribution < -0.4 is 16.0 Å². The van der Waals surface area contributed by atoms with Crippen molar-refractivity contribution in [1.82, 2.24) is 40.6 Å². The summed E-state index contributed by atoms with van der Waals surface area (Å²) < 4.78 is 8.57. The molecule has 3 fully saturated rings. The zero-order chi connectivity index (χ0) is 51.9. The van der Waals surface area contributed by atoms with Gasteiger partial charge in [0.25, 0.3) is 0 Å². The standard InChI is InChI=1S/C54H66ClN9O7S2/c1-28-30(3)73-53-46(28)47(34-14-16-36(55)17-15-34)58-41(50-62-61-31(4)64(50)53)24-45(68)57-37-21-40(22-37)71-39-18-8-32(9-19-39)20-44(67)60-49(54(5,6)7)52(70)63-25-38(66)23-43(63)51(69)59-42(26-65)33-10-12-35(13-11-33)48-29(2)56-27-72-48/h10-17,27,32,37-43,49,65-66H,8-9,18-26H2,1-7H3,(H,57,68)(H,59,69)(H,60,67)/t32?,37?,38-,39?,40?,41+,42-,43+,49-/m1/s1. The van der Waals surface area contributed by atoms with E-state index in [9.17, 15) is 29.4 Å². The van der Waals surface area contributed by atoms with Crippen LogP contribution in [-0.4, -0.2) is 114 Å². The summed E-state index contributed by atoms with van der Waals surface area (Å²) in [6.07, 6.45) is 4.22. The van der Waals surface area contributed by atoms with Gasteiger partial charge in [0, 0.05) is 46.5 Å². The van der Waals surface area contributed by atoms with Crippen LogP contribution in [0.4, 0.5) is 0 Å². The number of halogens is 1. The van der Waals surface area contributed by atoms with E-state index in [1.807, 2.05) is 87.7 Å². The lowest BCUT2D eigenvalue weighted by atomic mass is 9.83. The van der Waals surface area contributed by atoms with E-state index >= 15 is 0 Å². The maximum Gasteiger partial charge on any atom is 0.246 e. The van der Waals surface area contributed by atoms with Gasteiger partial charge in [0.05, 0.1) is 59.2 Å². The fourth-order valence-electron chi connectivity index (χ4n) is 10.7. The fraction of sp³-hybridized carbons (Fsp3) is 0.519. The average Bonchev–Trinajstić information content (AvgIpc) is 4.11. The Kier molecular flexibility index (Phi) is 15.7. The van der Waals surface area contributed by atoms with Gasteiger partial charge in [0.1, 0.15) is 29.0 Å². The van der Waals surface area contributed by atoms with Gasteiger partial charge in [-0.1, -0.05) is 68.8 Å². The van der Waals surface area contributed by atoms with Crippen molar-refractivity contribution < 1.29 is 34.1 Å². The number of fused-ring (bicyclic) bond motifs is 3. The Bertz CT molecular complexity index is 2860. The third-order valence-corrected chi connectivity index (χ3v) is 17.4. The SMILES string of the molecule is Cc1ncsc1-c1ccc([C@@H](CO)NC(=O)[C@@H]2C[C@@H](O)CN2C(=O)[C@@H](NC(=O)CC2CCC(OC3CC(NC(=O)C[C@@H]4N=C(c5ccc(Cl)cc5)c5c(sc(C)c5C)-n5c(C)nnc54)C3)CC2)C(C)(C)C)cc1. The Labute approximate surface area is 439 Å². The summed E-state index contributed by atoms with van der Waals surface area (Å²) in [5.74, 6) is 0.230. The number of aromatic nitrogens is 4. The lowest BCUT2D eigenvalue weighted by molar-refractivity contribution is -0.144. The molecule has 5 atom stereocenters. The number of nitrogens with zero attached hydrogens (tertiary/aromatic N) is 6. The largest absolute Gasteiger partial charge is 0.394 e. The molecule has 19 heteroatoms. The van der Waals surface area contributed by atoms with E-state index < -0.39 is 47.5 Å². The molecule has 5 heterocycles. The highest BCUT2D eigenvalue weighted by atomic mass is 35.5. The van der Waals surface area contributed by atoms with E-state index in [4.69, 9.17) is 21.3 Å². The molecule has 388 valence electrons. The number of carbonyl (C=O) groups excluding carboxylic acids is 4. The van der Waals surface area contributed by atoms with Gasteiger partial charge in [-0.3, -0.25) is 28.7 Å². The minimum Gasteiger partial charge on any atom is -0.394 e. The summed E-state index contributed by atoms with van der Waals surface area (Å²) >= 11 is 9.49. The predicted molar refractivity (Wildman–Crippen MR) is 282 cm³/mol. The number of ether oxygens (including phenoxy) is 1. The van der Waals surface area contributed by atoms with Gasteiger partial charge < -0.3 is 35.8 Å². The Hall–Kier alpha value is -5.37. The van der Waals surface area contributed by atoms with Crippen LogP contribution in [0, 0.1) is 39.0 Å². The topological polar surface area (TPSA) is 213 Å². The molecule has 3 aromatic heterocycles. The number of thiophene rings is 1. The second-order valence-corrected chi connectivity index (χ2v) is 23.8. The molecule has 0 spiro atoms. The number of aliphatic hydroxyl groups excluding tert-OH is 2. The van der Waals surface area contributed by atoms with Crippen molar-refractivity contribution in [1.29, 1.82) is 0 Å². The van der Waals surface area contributed by atoms with Crippen LogP contribution in [0.25, 0.3) is 15.4 Å². The van der Waals surface area contributed by atoms with Crippen LogP contribution in [0.1, 0.15) is 135 Å². The summed E-state index contributed by atoms with van der Waals surface area (Å²) in [6.45, 7) is 13.3. The third kappa shape index (κ3) is 11.5. The molecule has 2 aromatic carbocycles. The number of aryl methyl sites for hydroxylation is 3. The van der Waals surface area contributed by atoms with E-state index in [0.717, 1.165) is 75.0 Å². The number of aliphatic imine (C=N–C) groups is 1. The molecule has 5 N–H and O–H groups in total. The van der Waals surface area contributed by atoms with Crippen LogP contribution in [0.3, 0.4) is 0 Å². The second kappa shape index (κ2) is 21.8. The number of thiazole rings is 1. The first-order valence-corrected chi connectivity index (χ1v) is 27.4. The van der Waals surface area contributed by atoms with Crippen molar-refractivity contribution in [2.24, 2.45) is 16.3 Å². The molecule has 73 heavy (non-hydrogen) atoms. The number of hydrogen-bond donors (Lipinski definition) is 5. The van der Waals surface area contributed by atoms with Gasteiger partial charge in [-0.05, 0) is 106 Å². The molecule has 5 aromatic rings. The Morgan fingerprint density at radius 2 is 1.58 bits per heavy atom. The van der Waals surface area contributed by atoms with Gasteiger partial charge in [-0.2, -0.15) is 0 Å². The van der Waals surface area contributed by atoms with Crippen LogP contribution in [0.2, 0.25) is 5.02 Å². The smallest absolute Gasteiger partial charge is 0.246 e. The molecule has 0 radical (unpaired) electrons. The van der Waals surface area contributed by atoms with Gasteiger partial charge in [0.15, 0.2) is 5.82 Å². The van der Waals surface area contributed by atoms with Crippen LogP contribution in [-0.2, 0) is 23.9 Å². The predicted octanol–water partition coefficient (Wildman–Crippen LogP) is 7.58. The quantitative estimate of drug-likeness (QED) is 0.0694. The fourth-order valence-corrected chi connectivity index (χ4v) is 12.8. The maximum absolute atomic E-state index is 14.3. The lowest BCUT2D eigenvalue weighted by Gasteiger charge is -2.40. The first-order chi connectivity index (χ1) is 34.8. The number of hydrogen-bond acceptors (Lipinski definition) is 13. The number of carbonyl (C=O) groups is 4. The molecule has 0 bridgehead atoms. The maximum atomic E-state index is 14.3.